The van der Waals surface area contributed by atoms with Crippen molar-refractivity contribution in [3.05, 3.63) is 59.7 Å². The quantitative estimate of drug-likeness (QED) is 0.849. The van der Waals surface area contributed by atoms with Crippen LogP contribution >= 0.6 is 0 Å². The second-order valence-corrected chi connectivity index (χ2v) is 7.80. The molecule has 2 heterocycles. The van der Waals surface area contributed by atoms with Crippen LogP contribution in [0.1, 0.15) is 17.5 Å². The van der Waals surface area contributed by atoms with E-state index in [-0.39, 0.29) is 24.2 Å². The lowest BCUT2D eigenvalue weighted by Gasteiger charge is -2.28. The third-order valence-electron chi connectivity index (χ3n) is 5.59. The van der Waals surface area contributed by atoms with E-state index >= 15 is 0 Å². The SMILES string of the molecule is Cc1ccc(CN2C[C@H](C(=O)Nc3ccc(N4CCOCC4)cc3)CC2=O)cc1. The molecule has 0 saturated carbocycles. The zero-order valence-corrected chi connectivity index (χ0v) is 16.8. The number of amides is 2. The van der Waals surface area contributed by atoms with Crippen LogP contribution in [0, 0.1) is 12.8 Å². The van der Waals surface area contributed by atoms with Crippen LogP contribution in [-0.2, 0) is 20.9 Å². The number of carbonyl (C=O) groups is 2. The van der Waals surface area contributed by atoms with E-state index in [4.69, 9.17) is 4.74 Å². The van der Waals surface area contributed by atoms with Crippen LogP contribution in [0.5, 0.6) is 0 Å². The molecule has 152 valence electrons. The summed E-state index contributed by atoms with van der Waals surface area (Å²) in [5.41, 5.74) is 4.17. The first-order valence-corrected chi connectivity index (χ1v) is 10.2. The van der Waals surface area contributed by atoms with Crippen molar-refractivity contribution in [2.45, 2.75) is 19.9 Å². The molecule has 0 unspecified atom stereocenters. The van der Waals surface area contributed by atoms with Crippen LogP contribution in [0.15, 0.2) is 48.5 Å². The summed E-state index contributed by atoms with van der Waals surface area (Å²) in [6.45, 7) is 6.31. The standard InChI is InChI=1S/C23H27N3O3/c1-17-2-4-18(5-3-17)15-26-16-19(14-22(26)27)23(28)24-20-6-8-21(9-7-20)25-10-12-29-13-11-25/h2-9,19H,10-16H2,1H3,(H,24,28)/t19-/m1/s1. The van der Waals surface area contributed by atoms with E-state index in [0.29, 0.717) is 13.1 Å². The maximum absolute atomic E-state index is 12.7. The first-order valence-electron chi connectivity index (χ1n) is 10.2. The number of anilines is 2. The van der Waals surface area contributed by atoms with Gasteiger partial charge in [-0.25, -0.2) is 0 Å². The minimum atomic E-state index is -0.313. The normalized spacial score (nSPS) is 19.5. The molecule has 0 aliphatic carbocycles. The molecule has 0 aromatic heterocycles. The molecule has 6 heteroatoms. The highest BCUT2D eigenvalue weighted by molar-refractivity contribution is 5.97. The van der Waals surface area contributed by atoms with Gasteiger partial charge in [-0.15, -0.1) is 0 Å². The van der Waals surface area contributed by atoms with Gasteiger partial charge in [-0.05, 0) is 36.8 Å². The Bertz CT molecular complexity index is 858. The molecule has 4 rings (SSSR count). The first kappa shape index (κ1) is 19.5. The number of rotatable bonds is 5. The van der Waals surface area contributed by atoms with Crippen molar-refractivity contribution in [3.8, 4) is 0 Å². The fourth-order valence-electron chi connectivity index (χ4n) is 3.84. The lowest BCUT2D eigenvalue weighted by molar-refractivity contribution is -0.128. The number of hydrogen-bond donors (Lipinski definition) is 1. The van der Waals surface area contributed by atoms with Gasteiger partial charge in [0.05, 0.1) is 19.1 Å². The number of aryl methyl sites for hydroxylation is 1. The molecule has 2 aromatic carbocycles. The van der Waals surface area contributed by atoms with Crippen LogP contribution in [0.2, 0.25) is 0 Å². The summed E-state index contributed by atoms with van der Waals surface area (Å²) in [5.74, 6) is -0.371. The van der Waals surface area contributed by atoms with E-state index in [2.05, 4.69) is 10.2 Å². The van der Waals surface area contributed by atoms with Crippen molar-refractivity contribution >= 4 is 23.2 Å². The topological polar surface area (TPSA) is 61.9 Å². The fraction of sp³-hybridized carbons (Fsp3) is 0.391. The number of morpholine rings is 1. The first-order chi connectivity index (χ1) is 14.1. The van der Waals surface area contributed by atoms with Gasteiger partial charge < -0.3 is 19.9 Å². The van der Waals surface area contributed by atoms with Gasteiger partial charge in [0.25, 0.3) is 0 Å². The van der Waals surface area contributed by atoms with Gasteiger partial charge in [0, 0.05) is 44.0 Å². The number of likely N-dealkylation sites (tertiary alicyclic amines) is 1. The Hall–Kier alpha value is -2.86. The monoisotopic (exact) mass is 393 g/mol. The molecule has 2 aromatic rings. The highest BCUT2D eigenvalue weighted by Crippen LogP contribution is 2.23. The van der Waals surface area contributed by atoms with E-state index in [9.17, 15) is 9.59 Å². The summed E-state index contributed by atoms with van der Waals surface area (Å²) in [6, 6.07) is 16.0. The predicted molar refractivity (Wildman–Crippen MR) is 113 cm³/mol. The lowest BCUT2D eigenvalue weighted by atomic mass is 10.1. The van der Waals surface area contributed by atoms with Crippen LogP contribution in [0.4, 0.5) is 11.4 Å². The number of carbonyl (C=O) groups excluding carboxylic acids is 2. The number of hydrogen-bond acceptors (Lipinski definition) is 4. The Morgan fingerprint density at radius 3 is 2.45 bits per heavy atom. The van der Waals surface area contributed by atoms with Gasteiger partial charge in [0.2, 0.25) is 11.8 Å². The van der Waals surface area contributed by atoms with E-state index in [0.717, 1.165) is 43.2 Å². The maximum Gasteiger partial charge on any atom is 0.229 e. The molecule has 6 nitrogen and oxygen atoms in total. The van der Waals surface area contributed by atoms with Crippen molar-refractivity contribution in [1.29, 1.82) is 0 Å². The van der Waals surface area contributed by atoms with Crippen molar-refractivity contribution in [3.63, 3.8) is 0 Å². The molecule has 1 atom stereocenters. The lowest BCUT2D eigenvalue weighted by Crippen LogP contribution is -2.36. The smallest absolute Gasteiger partial charge is 0.229 e. The second-order valence-electron chi connectivity index (χ2n) is 7.80. The summed E-state index contributed by atoms with van der Waals surface area (Å²) in [6.07, 6.45) is 0.267. The van der Waals surface area contributed by atoms with Gasteiger partial charge >= 0.3 is 0 Å². The average Bonchev–Trinajstić information content (AvgIpc) is 3.11. The minimum Gasteiger partial charge on any atom is -0.378 e. The molecule has 0 radical (unpaired) electrons. The molecule has 2 aliphatic heterocycles. The highest BCUT2D eigenvalue weighted by Gasteiger charge is 2.34. The summed E-state index contributed by atoms with van der Waals surface area (Å²) >= 11 is 0. The van der Waals surface area contributed by atoms with Crippen molar-refractivity contribution < 1.29 is 14.3 Å². The molecular weight excluding hydrogens is 366 g/mol. The third kappa shape index (κ3) is 4.77. The molecule has 2 saturated heterocycles. The molecule has 2 amide bonds. The highest BCUT2D eigenvalue weighted by atomic mass is 16.5. The summed E-state index contributed by atoms with van der Waals surface area (Å²) in [7, 11) is 0. The van der Waals surface area contributed by atoms with Crippen LogP contribution in [0.25, 0.3) is 0 Å². The molecular formula is C23H27N3O3. The zero-order chi connectivity index (χ0) is 20.2. The Labute approximate surface area is 171 Å². The molecule has 1 N–H and O–H groups in total. The van der Waals surface area contributed by atoms with E-state index < -0.39 is 0 Å². The molecule has 29 heavy (non-hydrogen) atoms. The number of nitrogens with one attached hydrogen (secondary N) is 1. The number of nitrogens with zero attached hydrogens (tertiary/aromatic N) is 2. The Morgan fingerprint density at radius 2 is 1.76 bits per heavy atom. The van der Waals surface area contributed by atoms with Gasteiger partial charge in [0.1, 0.15) is 0 Å². The maximum atomic E-state index is 12.7. The molecule has 2 aliphatic rings. The van der Waals surface area contributed by atoms with Gasteiger partial charge in [-0.3, -0.25) is 9.59 Å². The Kier molecular flexibility index (Phi) is 5.81. The Balaban J connectivity index is 1.32. The van der Waals surface area contributed by atoms with E-state index in [1.165, 1.54) is 5.56 Å². The molecule has 2 fully saturated rings. The minimum absolute atomic E-state index is 0.0355. The number of ether oxygens (including phenoxy) is 1. The summed E-state index contributed by atoms with van der Waals surface area (Å²) in [4.78, 5) is 29.1. The van der Waals surface area contributed by atoms with Crippen molar-refractivity contribution in [1.82, 2.24) is 4.90 Å². The predicted octanol–water partition coefficient (Wildman–Crippen LogP) is 2.82. The molecule has 0 bridgehead atoms. The van der Waals surface area contributed by atoms with Gasteiger partial charge in [-0.1, -0.05) is 29.8 Å². The van der Waals surface area contributed by atoms with Crippen molar-refractivity contribution in [2.75, 3.05) is 43.1 Å². The largest absolute Gasteiger partial charge is 0.378 e. The second kappa shape index (κ2) is 8.66. The zero-order valence-electron chi connectivity index (χ0n) is 16.8. The van der Waals surface area contributed by atoms with Crippen molar-refractivity contribution in [2.24, 2.45) is 5.92 Å². The van der Waals surface area contributed by atoms with Crippen LogP contribution < -0.4 is 10.2 Å². The van der Waals surface area contributed by atoms with Gasteiger partial charge in [0.15, 0.2) is 0 Å². The van der Waals surface area contributed by atoms with E-state index in [1.54, 1.807) is 4.90 Å². The summed E-state index contributed by atoms with van der Waals surface area (Å²) in [5, 5.41) is 2.97. The van der Waals surface area contributed by atoms with E-state index in [1.807, 2.05) is 55.5 Å². The fourth-order valence-corrected chi connectivity index (χ4v) is 3.84. The molecule has 0 spiro atoms. The number of benzene rings is 2. The average molecular weight is 393 g/mol. The van der Waals surface area contributed by atoms with Crippen LogP contribution in [-0.4, -0.2) is 49.6 Å². The van der Waals surface area contributed by atoms with Crippen LogP contribution in [0.3, 0.4) is 0 Å². The van der Waals surface area contributed by atoms with Gasteiger partial charge in [-0.2, -0.15) is 0 Å². The third-order valence-corrected chi connectivity index (χ3v) is 5.59. The summed E-state index contributed by atoms with van der Waals surface area (Å²) < 4.78 is 5.38. The Morgan fingerprint density at radius 1 is 1.07 bits per heavy atom.